The summed E-state index contributed by atoms with van der Waals surface area (Å²) in [6, 6.07) is 7.59. The molecule has 5 nitrogen and oxygen atoms in total. The van der Waals surface area contributed by atoms with Crippen LogP contribution in [0.25, 0.3) is 10.6 Å². The van der Waals surface area contributed by atoms with Crippen LogP contribution in [-0.2, 0) is 9.53 Å². The lowest BCUT2D eigenvalue weighted by Gasteiger charge is -2.03. The van der Waals surface area contributed by atoms with Crippen LogP contribution in [0.2, 0.25) is 0 Å². The van der Waals surface area contributed by atoms with Gasteiger partial charge in [0.1, 0.15) is 18.1 Å². The van der Waals surface area contributed by atoms with Crippen molar-refractivity contribution in [1.29, 1.82) is 0 Å². The molecule has 0 aliphatic rings. The zero-order valence-corrected chi connectivity index (χ0v) is 10.0. The van der Waals surface area contributed by atoms with E-state index in [1.807, 2.05) is 23.6 Å². The van der Waals surface area contributed by atoms with Crippen molar-refractivity contribution in [2.45, 2.75) is 0 Å². The number of nitrogens with one attached hydrogen (secondary N) is 1. The summed E-state index contributed by atoms with van der Waals surface area (Å²) in [5, 5.41) is 12.9. The molecule has 2 aromatic rings. The number of carbonyl (C=O) groups excluding carboxylic acids is 1. The molecule has 0 radical (unpaired) electrons. The van der Waals surface area contributed by atoms with E-state index in [0.29, 0.717) is 5.82 Å². The van der Waals surface area contributed by atoms with Crippen LogP contribution in [0.4, 0.5) is 5.82 Å². The van der Waals surface area contributed by atoms with Crippen LogP contribution in [0.5, 0.6) is 0 Å². The first kappa shape index (κ1) is 11.5. The van der Waals surface area contributed by atoms with Crippen LogP contribution >= 0.6 is 11.3 Å². The van der Waals surface area contributed by atoms with Crippen LogP contribution in [-0.4, -0.2) is 29.8 Å². The van der Waals surface area contributed by atoms with Crippen molar-refractivity contribution in [2.24, 2.45) is 0 Å². The predicted molar refractivity (Wildman–Crippen MR) is 65.9 cm³/mol. The third kappa shape index (κ3) is 3.01. The Balaban J connectivity index is 2.01. The average Bonchev–Trinajstić information content (AvgIpc) is 2.90. The Morgan fingerprint density at radius 3 is 2.88 bits per heavy atom. The number of hydrogen-bond donors (Lipinski definition) is 1. The van der Waals surface area contributed by atoms with Crippen LogP contribution in [0.3, 0.4) is 0 Å². The second kappa shape index (κ2) is 5.40. The fourth-order valence-electron chi connectivity index (χ4n) is 1.22. The summed E-state index contributed by atoms with van der Waals surface area (Å²) in [5.41, 5.74) is 0.823. The van der Waals surface area contributed by atoms with Gasteiger partial charge in [0.15, 0.2) is 0 Å². The molecule has 0 aliphatic heterocycles. The second-order valence-electron chi connectivity index (χ2n) is 3.21. The highest BCUT2D eigenvalue weighted by atomic mass is 32.1. The third-order valence-corrected chi connectivity index (χ3v) is 2.97. The Labute approximate surface area is 102 Å². The summed E-state index contributed by atoms with van der Waals surface area (Å²) < 4.78 is 4.51. The smallest absolute Gasteiger partial charge is 0.325 e. The molecule has 2 aromatic heterocycles. The molecule has 88 valence electrons. The van der Waals surface area contributed by atoms with Gasteiger partial charge in [0.05, 0.1) is 12.0 Å². The van der Waals surface area contributed by atoms with Crippen LogP contribution in [0.1, 0.15) is 0 Å². The van der Waals surface area contributed by atoms with Crippen LogP contribution in [0.15, 0.2) is 29.6 Å². The minimum atomic E-state index is -0.339. The molecule has 0 amide bonds. The quantitative estimate of drug-likeness (QED) is 0.837. The van der Waals surface area contributed by atoms with Gasteiger partial charge in [-0.25, -0.2) is 0 Å². The van der Waals surface area contributed by atoms with Crippen molar-refractivity contribution in [3.63, 3.8) is 0 Å². The van der Waals surface area contributed by atoms with Crippen molar-refractivity contribution >= 4 is 23.1 Å². The van der Waals surface area contributed by atoms with Gasteiger partial charge in [0.25, 0.3) is 0 Å². The van der Waals surface area contributed by atoms with Gasteiger partial charge in [-0.15, -0.1) is 21.5 Å². The predicted octanol–water partition coefficient (Wildman–Crippen LogP) is 1.79. The highest BCUT2D eigenvalue weighted by Gasteiger charge is 2.03. The summed E-state index contributed by atoms with van der Waals surface area (Å²) >= 11 is 1.61. The molecule has 0 saturated carbocycles. The van der Waals surface area contributed by atoms with E-state index >= 15 is 0 Å². The van der Waals surface area contributed by atoms with Crippen molar-refractivity contribution in [1.82, 2.24) is 10.2 Å². The number of anilines is 1. The first-order valence-corrected chi connectivity index (χ1v) is 5.86. The largest absolute Gasteiger partial charge is 0.468 e. The first-order chi connectivity index (χ1) is 8.29. The normalized spacial score (nSPS) is 9.94. The average molecular weight is 249 g/mol. The Hall–Kier alpha value is -1.95. The standard InChI is InChI=1S/C11H11N3O2S/c1-16-11(15)7-12-10-5-4-8(13-14-10)9-3-2-6-17-9/h2-6H,7H2,1H3,(H,12,14). The van der Waals surface area contributed by atoms with Crippen molar-refractivity contribution in [3.8, 4) is 10.6 Å². The third-order valence-electron chi connectivity index (χ3n) is 2.08. The molecular formula is C11H11N3O2S. The highest BCUT2D eigenvalue weighted by Crippen LogP contribution is 2.22. The fourth-order valence-corrected chi connectivity index (χ4v) is 1.91. The lowest BCUT2D eigenvalue weighted by Crippen LogP contribution is -2.15. The number of rotatable bonds is 4. The summed E-state index contributed by atoms with van der Waals surface area (Å²) in [7, 11) is 1.34. The number of ether oxygens (including phenoxy) is 1. The van der Waals surface area contributed by atoms with Gasteiger partial charge in [0.2, 0.25) is 0 Å². The molecular weight excluding hydrogens is 238 g/mol. The highest BCUT2D eigenvalue weighted by molar-refractivity contribution is 7.13. The number of esters is 1. The topological polar surface area (TPSA) is 64.1 Å². The molecule has 0 unspecified atom stereocenters. The van der Waals surface area contributed by atoms with Crippen molar-refractivity contribution in [3.05, 3.63) is 29.6 Å². The lowest BCUT2D eigenvalue weighted by atomic mass is 10.3. The Morgan fingerprint density at radius 1 is 1.41 bits per heavy atom. The molecule has 0 spiro atoms. The van der Waals surface area contributed by atoms with Gasteiger partial charge in [-0.05, 0) is 23.6 Å². The molecule has 2 rings (SSSR count). The Morgan fingerprint density at radius 2 is 2.29 bits per heavy atom. The van der Waals surface area contributed by atoms with E-state index in [9.17, 15) is 4.79 Å². The van der Waals surface area contributed by atoms with Crippen molar-refractivity contribution in [2.75, 3.05) is 19.0 Å². The molecule has 0 bridgehead atoms. The molecule has 0 fully saturated rings. The molecule has 0 saturated heterocycles. The van der Waals surface area contributed by atoms with E-state index in [1.54, 1.807) is 17.4 Å². The number of nitrogens with zero attached hydrogens (tertiary/aromatic N) is 2. The maximum absolute atomic E-state index is 10.9. The summed E-state index contributed by atoms with van der Waals surface area (Å²) in [5.74, 6) is 0.213. The van der Waals surface area contributed by atoms with Gasteiger partial charge < -0.3 is 10.1 Å². The van der Waals surface area contributed by atoms with Gasteiger partial charge >= 0.3 is 5.97 Å². The van der Waals surface area contributed by atoms with E-state index in [4.69, 9.17) is 0 Å². The van der Waals surface area contributed by atoms with E-state index in [-0.39, 0.29) is 12.5 Å². The van der Waals surface area contributed by atoms with E-state index in [2.05, 4.69) is 20.3 Å². The second-order valence-corrected chi connectivity index (χ2v) is 4.16. The summed E-state index contributed by atoms with van der Waals surface area (Å²) in [4.78, 5) is 12.0. The molecule has 17 heavy (non-hydrogen) atoms. The minimum Gasteiger partial charge on any atom is -0.468 e. The van der Waals surface area contributed by atoms with Gasteiger partial charge in [-0.2, -0.15) is 0 Å². The Bertz CT molecular complexity index is 482. The zero-order valence-electron chi connectivity index (χ0n) is 9.21. The number of methoxy groups -OCH3 is 1. The van der Waals surface area contributed by atoms with Crippen LogP contribution < -0.4 is 5.32 Å². The number of aromatic nitrogens is 2. The van der Waals surface area contributed by atoms with Gasteiger partial charge in [-0.3, -0.25) is 4.79 Å². The SMILES string of the molecule is COC(=O)CNc1ccc(-c2cccs2)nn1. The maximum Gasteiger partial charge on any atom is 0.325 e. The molecule has 0 aliphatic carbocycles. The van der Waals surface area contributed by atoms with Gasteiger partial charge in [-0.1, -0.05) is 6.07 Å². The first-order valence-electron chi connectivity index (χ1n) is 4.98. The molecule has 1 N–H and O–H groups in total. The van der Waals surface area contributed by atoms with E-state index in [0.717, 1.165) is 10.6 Å². The van der Waals surface area contributed by atoms with Crippen molar-refractivity contribution < 1.29 is 9.53 Å². The fraction of sp³-hybridized carbons (Fsp3) is 0.182. The van der Waals surface area contributed by atoms with Gasteiger partial charge in [0, 0.05) is 0 Å². The molecule has 0 aromatic carbocycles. The molecule has 0 atom stereocenters. The van der Waals surface area contributed by atoms with E-state index < -0.39 is 0 Å². The summed E-state index contributed by atoms with van der Waals surface area (Å²) in [6.45, 7) is 0.0868. The zero-order chi connectivity index (χ0) is 12.1. The Kier molecular flexibility index (Phi) is 3.66. The lowest BCUT2D eigenvalue weighted by molar-refractivity contribution is -0.138. The monoisotopic (exact) mass is 249 g/mol. The number of carbonyl (C=O) groups is 1. The molecule has 2 heterocycles. The molecule has 6 heteroatoms. The summed E-state index contributed by atoms with van der Waals surface area (Å²) in [6.07, 6.45) is 0. The van der Waals surface area contributed by atoms with E-state index in [1.165, 1.54) is 7.11 Å². The number of hydrogen-bond acceptors (Lipinski definition) is 6. The number of thiophene rings is 1. The maximum atomic E-state index is 10.9. The minimum absolute atomic E-state index is 0.0868. The van der Waals surface area contributed by atoms with Crippen LogP contribution in [0, 0.1) is 0 Å².